The highest BCUT2D eigenvalue weighted by Gasteiger charge is 2.08. The Labute approximate surface area is 109 Å². The fourth-order valence-corrected chi connectivity index (χ4v) is 2.18. The van der Waals surface area contributed by atoms with Gasteiger partial charge in [-0.3, -0.25) is 4.79 Å². The predicted octanol–water partition coefficient (Wildman–Crippen LogP) is 2.10. The van der Waals surface area contributed by atoms with Gasteiger partial charge >= 0.3 is 0 Å². The molecule has 1 heterocycles. The van der Waals surface area contributed by atoms with Gasteiger partial charge in [0.05, 0.1) is 0 Å². The summed E-state index contributed by atoms with van der Waals surface area (Å²) in [7, 11) is 0. The van der Waals surface area contributed by atoms with Gasteiger partial charge in [-0.25, -0.2) is 4.98 Å². The molecule has 5 heteroatoms. The van der Waals surface area contributed by atoms with Crippen LogP contribution in [0.5, 0.6) is 5.75 Å². The first kappa shape index (κ1) is 12.7. The molecule has 1 aromatic heterocycles. The molecule has 0 atom stereocenters. The molecule has 0 aliphatic heterocycles. The van der Waals surface area contributed by atoms with Crippen molar-refractivity contribution in [1.29, 1.82) is 0 Å². The minimum atomic E-state index is -0.116. The molecule has 18 heavy (non-hydrogen) atoms. The number of benzene rings is 1. The second-order valence-electron chi connectivity index (χ2n) is 3.99. The van der Waals surface area contributed by atoms with Gasteiger partial charge in [-0.15, -0.1) is 0 Å². The lowest BCUT2D eigenvalue weighted by Gasteiger charge is -2.06. The normalized spacial score (nSPS) is 10.6. The summed E-state index contributed by atoms with van der Waals surface area (Å²) in [6.45, 7) is 1.83. The van der Waals surface area contributed by atoms with Crippen molar-refractivity contribution >= 4 is 11.8 Å². The third kappa shape index (κ3) is 2.73. The first-order valence-electron chi connectivity index (χ1n) is 5.52. The highest BCUT2D eigenvalue weighted by molar-refractivity contribution is 7.98. The molecule has 94 valence electrons. The highest BCUT2D eigenvalue weighted by atomic mass is 32.2. The van der Waals surface area contributed by atoms with Crippen molar-refractivity contribution in [3.63, 3.8) is 0 Å². The summed E-state index contributed by atoms with van der Waals surface area (Å²) in [6, 6.07) is 6.90. The Bertz CT molecular complexity index is 623. The highest BCUT2D eigenvalue weighted by Crippen LogP contribution is 2.15. The summed E-state index contributed by atoms with van der Waals surface area (Å²) in [4.78, 5) is 19.0. The molecule has 0 unspecified atom stereocenters. The van der Waals surface area contributed by atoms with Crippen LogP contribution >= 0.6 is 11.8 Å². The van der Waals surface area contributed by atoms with Crippen LogP contribution in [-0.2, 0) is 6.42 Å². The molecule has 2 aromatic rings. The molecular weight excluding hydrogens is 248 g/mol. The third-order valence-electron chi connectivity index (χ3n) is 2.69. The number of phenols is 1. The molecule has 1 aromatic carbocycles. The second kappa shape index (κ2) is 5.27. The fourth-order valence-electron chi connectivity index (χ4n) is 1.76. The Balaban J connectivity index is 2.38. The molecular formula is C13H14N2O2S. The zero-order chi connectivity index (χ0) is 13.1. The van der Waals surface area contributed by atoms with E-state index in [2.05, 4.69) is 9.97 Å². The largest absolute Gasteiger partial charge is 0.508 e. The molecule has 0 saturated heterocycles. The standard InChI is InChI=1S/C13H14N2O2S/c1-8-11(12(17)15-13(14-8)18-2)7-9-4-3-5-10(16)6-9/h3-6,16H,7H2,1-2H3,(H,14,15,17). The Hall–Kier alpha value is -1.75. The van der Waals surface area contributed by atoms with Gasteiger partial charge in [0.25, 0.3) is 5.56 Å². The van der Waals surface area contributed by atoms with Crippen molar-refractivity contribution in [2.45, 2.75) is 18.5 Å². The van der Waals surface area contributed by atoms with Crippen molar-refractivity contribution in [3.8, 4) is 5.75 Å². The van der Waals surface area contributed by atoms with Gasteiger partial charge in [-0.2, -0.15) is 0 Å². The molecule has 2 rings (SSSR count). The zero-order valence-electron chi connectivity index (χ0n) is 10.2. The quantitative estimate of drug-likeness (QED) is 0.656. The molecule has 0 radical (unpaired) electrons. The summed E-state index contributed by atoms with van der Waals surface area (Å²) in [5.41, 5.74) is 2.14. The topological polar surface area (TPSA) is 66.0 Å². The lowest BCUT2D eigenvalue weighted by atomic mass is 10.1. The van der Waals surface area contributed by atoms with Crippen LogP contribution in [0, 0.1) is 6.92 Å². The first-order chi connectivity index (χ1) is 8.60. The van der Waals surface area contributed by atoms with Gasteiger partial charge in [-0.1, -0.05) is 23.9 Å². The molecule has 0 saturated carbocycles. The summed E-state index contributed by atoms with van der Waals surface area (Å²) in [5, 5.41) is 10.0. The van der Waals surface area contributed by atoms with Crippen molar-refractivity contribution in [2.24, 2.45) is 0 Å². The van der Waals surface area contributed by atoms with Crippen LogP contribution in [0.25, 0.3) is 0 Å². The van der Waals surface area contributed by atoms with E-state index in [4.69, 9.17) is 0 Å². The number of phenolic OH excluding ortho intramolecular Hbond substituents is 1. The molecule has 0 aliphatic rings. The van der Waals surface area contributed by atoms with Crippen molar-refractivity contribution in [1.82, 2.24) is 9.97 Å². The van der Waals surface area contributed by atoms with Crippen molar-refractivity contribution in [3.05, 3.63) is 51.4 Å². The number of rotatable bonds is 3. The van der Waals surface area contributed by atoms with Gasteiger partial charge in [0.2, 0.25) is 0 Å². The summed E-state index contributed by atoms with van der Waals surface area (Å²) in [5.74, 6) is 0.204. The van der Waals surface area contributed by atoms with Gasteiger partial charge in [0.1, 0.15) is 5.75 Å². The zero-order valence-corrected chi connectivity index (χ0v) is 11.0. The van der Waals surface area contributed by atoms with Gasteiger partial charge in [0.15, 0.2) is 5.16 Å². The molecule has 0 bridgehead atoms. The van der Waals surface area contributed by atoms with E-state index in [-0.39, 0.29) is 11.3 Å². The number of thioether (sulfide) groups is 1. The summed E-state index contributed by atoms with van der Waals surface area (Å²) >= 11 is 1.41. The van der Waals surface area contributed by atoms with Crippen LogP contribution in [0.2, 0.25) is 0 Å². The van der Waals surface area contributed by atoms with E-state index in [1.807, 2.05) is 19.2 Å². The minimum absolute atomic E-state index is 0.116. The average molecular weight is 262 g/mol. The molecule has 0 fully saturated rings. The number of hydrogen-bond donors (Lipinski definition) is 2. The van der Waals surface area contributed by atoms with E-state index in [0.717, 1.165) is 11.3 Å². The number of aryl methyl sites for hydroxylation is 1. The smallest absolute Gasteiger partial charge is 0.255 e. The predicted molar refractivity (Wildman–Crippen MR) is 72.3 cm³/mol. The van der Waals surface area contributed by atoms with E-state index in [0.29, 0.717) is 17.1 Å². The first-order valence-corrected chi connectivity index (χ1v) is 6.74. The maximum atomic E-state index is 11.9. The monoisotopic (exact) mass is 262 g/mol. The van der Waals surface area contributed by atoms with Crippen LogP contribution < -0.4 is 5.56 Å². The lowest BCUT2D eigenvalue weighted by molar-refractivity contribution is 0.474. The molecule has 2 N–H and O–H groups in total. The molecule has 0 aliphatic carbocycles. The van der Waals surface area contributed by atoms with E-state index in [1.165, 1.54) is 11.8 Å². The number of H-pyrrole nitrogens is 1. The number of aromatic hydroxyl groups is 1. The van der Waals surface area contributed by atoms with E-state index in [9.17, 15) is 9.90 Å². The number of aromatic nitrogens is 2. The Kier molecular flexibility index (Phi) is 3.72. The van der Waals surface area contributed by atoms with E-state index in [1.54, 1.807) is 18.2 Å². The Morgan fingerprint density at radius 3 is 2.83 bits per heavy atom. The summed E-state index contributed by atoms with van der Waals surface area (Å²) in [6.07, 6.45) is 2.34. The number of aromatic amines is 1. The Morgan fingerprint density at radius 1 is 1.44 bits per heavy atom. The maximum Gasteiger partial charge on any atom is 0.255 e. The second-order valence-corrected chi connectivity index (χ2v) is 4.78. The van der Waals surface area contributed by atoms with Crippen molar-refractivity contribution in [2.75, 3.05) is 6.26 Å². The molecule has 4 nitrogen and oxygen atoms in total. The molecule has 0 spiro atoms. The molecule has 0 amide bonds. The maximum absolute atomic E-state index is 11.9. The van der Waals surface area contributed by atoms with Crippen LogP contribution in [0.1, 0.15) is 16.8 Å². The lowest BCUT2D eigenvalue weighted by Crippen LogP contribution is -2.17. The van der Waals surface area contributed by atoms with Crippen LogP contribution in [0.3, 0.4) is 0 Å². The van der Waals surface area contributed by atoms with Crippen LogP contribution in [0.15, 0.2) is 34.2 Å². The number of nitrogens with zero attached hydrogens (tertiary/aromatic N) is 1. The minimum Gasteiger partial charge on any atom is -0.508 e. The van der Waals surface area contributed by atoms with Crippen LogP contribution in [-0.4, -0.2) is 21.3 Å². The SMILES string of the molecule is CSc1nc(C)c(Cc2cccc(O)c2)c(=O)[nH]1. The number of nitrogens with one attached hydrogen (secondary N) is 1. The Morgan fingerprint density at radius 2 is 2.22 bits per heavy atom. The van der Waals surface area contributed by atoms with Gasteiger partial charge in [-0.05, 0) is 30.9 Å². The fraction of sp³-hybridized carbons (Fsp3) is 0.231. The number of hydrogen-bond acceptors (Lipinski definition) is 4. The van der Waals surface area contributed by atoms with E-state index < -0.39 is 0 Å². The summed E-state index contributed by atoms with van der Waals surface area (Å²) < 4.78 is 0. The van der Waals surface area contributed by atoms with Crippen LogP contribution in [0.4, 0.5) is 0 Å². The average Bonchev–Trinajstić information content (AvgIpc) is 2.33. The van der Waals surface area contributed by atoms with Crippen molar-refractivity contribution < 1.29 is 5.11 Å². The van der Waals surface area contributed by atoms with Gasteiger partial charge < -0.3 is 10.1 Å². The third-order valence-corrected chi connectivity index (χ3v) is 3.27. The van der Waals surface area contributed by atoms with Gasteiger partial charge in [0, 0.05) is 17.7 Å². The van der Waals surface area contributed by atoms with E-state index >= 15 is 0 Å².